The van der Waals surface area contributed by atoms with E-state index < -0.39 is 10.0 Å². The Morgan fingerprint density at radius 3 is 2.57 bits per heavy atom. The molecule has 1 N–H and O–H groups in total. The van der Waals surface area contributed by atoms with Crippen LogP contribution in [0.25, 0.3) is 0 Å². The number of nitrogens with zero attached hydrogens (tertiary/aromatic N) is 1. The van der Waals surface area contributed by atoms with Crippen LogP contribution in [0.2, 0.25) is 0 Å². The van der Waals surface area contributed by atoms with Gasteiger partial charge in [-0.3, -0.25) is 0 Å². The summed E-state index contributed by atoms with van der Waals surface area (Å²) in [6.07, 6.45) is 0.544. The van der Waals surface area contributed by atoms with Gasteiger partial charge < -0.3 is 10.1 Å². The van der Waals surface area contributed by atoms with E-state index in [2.05, 4.69) is 5.32 Å². The lowest BCUT2D eigenvalue weighted by molar-refractivity contribution is 0.199. The van der Waals surface area contributed by atoms with Crippen LogP contribution in [0.3, 0.4) is 0 Å². The first-order valence-electron chi connectivity index (χ1n) is 4.62. The number of sulfonamides is 1. The molecule has 0 unspecified atom stereocenters. The third-order valence-corrected chi connectivity index (χ3v) is 3.84. The highest BCUT2D eigenvalue weighted by Gasteiger charge is 2.16. The zero-order valence-electron chi connectivity index (χ0n) is 9.12. The molecule has 0 aliphatic rings. The molecule has 0 atom stereocenters. The molecule has 0 bridgehead atoms. The lowest BCUT2D eigenvalue weighted by Gasteiger charge is -2.16. The summed E-state index contributed by atoms with van der Waals surface area (Å²) in [7, 11) is 1.87. The minimum absolute atomic E-state index is 0.154. The Kier molecular flexibility index (Phi) is 7.08. The molecule has 0 fully saturated rings. The summed E-state index contributed by atoms with van der Waals surface area (Å²) >= 11 is 0. The minimum Gasteiger partial charge on any atom is -0.385 e. The van der Waals surface area contributed by atoms with Gasteiger partial charge in [-0.2, -0.15) is 0 Å². The monoisotopic (exact) mass is 224 g/mol. The van der Waals surface area contributed by atoms with Crippen molar-refractivity contribution in [3.05, 3.63) is 0 Å². The van der Waals surface area contributed by atoms with Crippen LogP contribution in [0.15, 0.2) is 0 Å². The van der Waals surface area contributed by atoms with Gasteiger partial charge in [0, 0.05) is 33.9 Å². The molecule has 6 heteroatoms. The molecule has 0 aliphatic heterocycles. The maximum absolute atomic E-state index is 11.6. The molecule has 0 heterocycles. The van der Waals surface area contributed by atoms with E-state index in [4.69, 9.17) is 4.74 Å². The van der Waals surface area contributed by atoms with E-state index in [9.17, 15) is 8.42 Å². The lowest BCUT2D eigenvalue weighted by Crippen LogP contribution is -2.34. The van der Waals surface area contributed by atoms with Gasteiger partial charge >= 0.3 is 0 Å². The highest BCUT2D eigenvalue weighted by molar-refractivity contribution is 7.89. The van der Waals surface area contributed by atoms with Gasteiger partial charge in [0.2, 0.25) is 10.0 Å². The fourth-order valence-corrected chi connectivity index (χ4v) is 2.11. The third-order valence-electron chi connectivity index (χ3n) is 1.90. The molecule has 0 amide bonds. The highest BCUT2D eigenvalue weighted by atomic mass is 32.2. The van der Waals surface area contributed by atoms with E-state index in [-0.39, 0.29) is 5.75 Å². The van der Waals surface area contributed by atoms with E-state index in [0.717, 1.165) is 0 Å². The molecule has 0 radical (unpaired) electrons. The molecule has 0 aromatic rings. The molecule has 0 rings (SSSR count). The van der Waals surface area contributed by atoms with Crippen molar-refractivity contribution in [2.75, 3.05) is 46.7 Å². The molecule has 5 nitrogen and oxygen atoms in total. The first-order valence-corrected chi connectivity index (χ1v) is 6.23. The zero-order chi connectivity index (χ0) is 11.0. The van der Waals surface area contributed by atoms with Gasteiger partial charge in [0.25, 0.3) is 0 Å². The van der Waals surface area contributed by atoms with Crippen LogP contribution >= 0.6 is 0 Å². The fraction of sp³-hybridized carbons (Fsp3) is 1.00. The van der Waals surface area contributed by atoms with Gasteiger partial charge in [0.15, 0.2) is 0 Å². The second-order valence-electron chi connectivity index (χ2n) is 3.09. The van der Waals surface area contributed by atoms with Gasteiger partial charge in [-0.1, -0.05) is 0 Å². The lowest BCUT2D eigenvalue weighted by atomic mass is 10.5. The highest BCUT2D eigenvalue weighted by Crippen LogP contribution is 1.99. The Labute approximate surface area is 86.5 Å². The van der Waals surface area contributed by atoms with Crippen molar-refractivity contribution in [1.29, 1.82) is 0 Å². The average molecular weight is 224 g/mol. The summed E-state index contributed by atoms with van der Waals surface area (Å²) in [5.41, 5.74) is 0. The van der Waals surface area contributed by atoms with Crippen molar-refractivity contribution < 1.29 is 13.2 Å². The van der Waals surface area contributed by atoms with Crippen LogP contribution < -0.4 is 5.32 Å². The number of rotatable bonds is 8. The Balaban J connectivity index is 3.91. The zero-order valence-corrected chi connectivity index (χ0v) is 9.93. The van der Waals surface area contributed by atoms with Crippen LogP contribution in [-0.2, 0) is 14.8 Å². The summed E-state index contributed by atoms with van der Waals surface area (Å²) in [6.45, 7) is 1.66. The Morgan fingerprint density at radius 2 is 2.07 bits per heavy atom. The summed E-state index contributed by atoms with van der Waals surface area (Å²) in [6, 6.07) is 0. The quantitative estimate of drug-likeness (QED) is 0.565. The largest absolute Gasteiger partial charge is 0.385 e. The van der Waals surface area contributed by atoms with Crippen LogP contribution in [0.4, 0.5) is 0 Å². The first kappa shape index (κ1) is 13.8. The molecular weight excluding hydrogens is 204 g/mol. The van der Waals surface area contributed by atoms with Crippen molar-refractivity contribution in [3.8, 4) is 0 Å². The van der Waals surface area contributed by atoms with Gasteiger partial charge in [-0.15, -0.1) is 0 Å². The number of methoxy groups -OCH3 is 1. The summed E-state index contributed by atoms with van der Waals surface area (Å²) in [4.78, 5) is 0. The summed E-state index contributed by atoms with van der Waals surface area (Å²) < 4.78 is 29.3. The maximum Gasteiger partial charge on any atom is 0.213 e. The standard InChI is InChI=1S/C8H20N2O3S/c1-9-5-6-10(2)14(11,12)8-4-7-13-3/h9H,4-8H2,1-3H3. The molecule has 0 aromatic carbocycles. The van der Waals surface area contributed by atoms with Crippen LogP contribution in [0.1, 0.15) is 6.42 Å². The predicted octanol–water partition coefficient (Wildman–Crippen LogP) is -0.496. The first-order chi connectivity index (χ1) is 6.54. The molecule has 86 valence electrons. The minimum atomic E-state index is -3.09. The summed E-state index contributed by atoms with van der Waals surface area (Å²) in [5.74, 6) is 0.154. The topological polar surface area (TPSA) is 58.6 Å². The Bertz CT molecular complexity index is 229. The van der Waals surface area contributed by atoms with Gasteiger partial charge in [-0.05, 0) is 13.5 Å². The van der Waals surface area contributed by atoms with Crippen molar-refractivity contribution >= 4 is 10.0 Å². The fourth-order valence-electron chi connectivity index (χ4n) is 0.950. The third kappa shape index (κ3) is 5.54. The Morgan fingerprint density at radius 1 is 1.43 bits per heavy atom. The molecule has 0 saturated heterocycles. The molecule has 0 aromatic heterocycles. The van der Waals surface area contributed by atoms with E-state index in [1.165, 1.54) is 4.31 Å². The van der Waals surface area contributed by atoms with E-state index >= 15 is 0 Å². The SMILES string of the molecule is CNCCN(C)S(=O)(=O)CCCOC. The summed E-state index contributed by atoms with van der Waals surface area (Å²) in [5, 5.41) is 2.91. The normalized spacial score (nSPS) is 12.3. The van der Waals surface area contributed by atoms with Crippen molar-refractivity contribution in [2.24, 2.45) is 0 Å². The van der Waals surface area contributed by atoms with Crippen molar-refractivity contribution in [2.45, 2.75) is 6.42 Å². The van der Waals surface area contributed by atoms with Crippen molar-refractivity contribution in [3.63, 3.8) is 0 Å². The number of hydrogen-bond donors (Lipinski definition) is 1. The number of ether oxygens (including phenoxy) is 1. The van der Waals surface area contributed by atoms with Crippen LogP contribution in [-0.4, -0.2) is 59.4 Å². The van der Waals surface area contributed by atoms with Gasteiger partial charge in [0.1, 0.15) is 0 Å². The smallest absolute Gasteiger partial charge is 0.213 e. The molecular formula is C8H20N2O3S. The second-order valence-corrected chi connectivity index (χ2v) is 5.28. The van der Waals surface area contributed by atoms with Crippen LogP contribution in [0, 0.1) is 0 Å². The molecule has 0 spiro atoms. The molecule has 14 heavy (non-hydrogen) atoms. The molecule has 0 saturated carbocycles. The van der Waals surface area contributed by atoms with E-state index in [1.54, 1.807) is 21.2 Å². The number of hydrogen-bond acceptors (Lipinski definition) is 4. The average Bonchev–Trinajstić information content (AvgIpc) is 2.14. The van der Waals surface area contributed by atoms with Crippen LogP contribution in [0.5, 0.6) is 0 Å². The number of likely N-dealkylation sites (N-methyl/N-ethyl adjacent to an activating group) is 2. The molecule has 0 aliphatic carbocycles. The number of nitrogens with one attached hydrogen (secondary N) is 1. The Hall–Kier alpha value is -0.170. The maximum atomic E-state index is 11.6. The van der Waals surface area contributed by atoms with Gasteiger partial charge in [-0.25, -0.2) is 12.7 Å². The van der Waals surface area contributed by atoms with Gasteiger partial charge in [0.05, 0.1) is 5.75 Å². The second kappa shape index (κ2) is 7.17. The van der Waals surface area contributed by atoms with E-state index in [0.29, 0.717) is 26.1 Å². The van der Waals surface area contributed by atoms with E-state index in [1.807, 2.05) is 0 Å². The predicted molar refractivity (Wildman–Crippen MR) is 56.8 cm³/mol. The van der Waals surface area contributed by atoms with Crippen molar-refractivity contribution in [1.82, 2.24) is 9.62 Å².